The van der Waals surface area contributed by atoms with Crippen molar-refractivity contribution in [3.63, 3.8) is 0 Å². The third-order valence-electron chi connectivity index (χ3n) is 3.23. The average Bonchev–Trinajstić information content (AvgIpc) is 2.86. The summed E-state index contributed by atoms with van der Waals surface area (Å²) in [6, 6.07) is 7.84. The molecule has 1 aromatic carbocycles. The van der Waals surface area contributed by atoms with Gasteiger partial charge >= 0.3 is 0 Å². The first-order valence-electron chi connectivity index (χ1n) is 6.59. The lowest BCUT2D eigenvalue weighted by atomic mass is 9.86. The van der Waals surface area contributed by atoms with Gasteiger partial charge in [-0.3, -0.25) is 9.48 Å². The highest BCUT2D eigenvalue weighted by molar-refractivity contribution is 6.08. The van der Waals surface area contributed by atoms with Gasteiger partial charge in [0.05, 0.1) is 11.8 Å². The fourth-order valence-corrected chi connectivity index (χ4v) is 1.94. The van der Waals surface area contributed by atoms with Crippen molar-refractivity contribution >= 4 is 5.78 Å². The van der Waals surface area contributed by atoms with Gasteiger partial charge in [-0.1, -0.05) is 45.0 Å². The van der Waals surface area contributed by atoms with Crippen LogP contribution < -0.4 is 0 Å². The Labute approximate surface area is 114 Å². The van der Waals surface area contributed by atoms with Crippen molar-refractivity contribution in [1.82, 2.24) is 9.78 Å². The van der Waals surface area contributed by atoms with E-state index in [2.05, 4.69) is 25.9 Å². The highest BCUT2D eigenvalue weighted by atomic mass is 16.1. The molecular weight excluding hydrogens is 236 g/mol. The van der Waals surface area contributed by atoms with Gasteiger partial charge in [-0.25, -0.2) is 0 Å². The minimum absolute atomic E-state index is 0.0279. The smallest absolute Gasteiger partial charge is 0.196 e. The summed E-state index contributed by atoms with van der Waals surface area (Å²) in [6.07, 6.45) is 3.42. The summed E-state index contributed by atoms with van der Waals surface area (Å²) in [5, 5.41) is 4.13. The van der Waals surface area contributed by atoms with E-state index in [0.717, 1.165) is 6.54 Å². The number of hydrogen-bond acceptors (Lipinski definition) is 2. The van der Waals surface area contributed by atoms with E-state index in [1.165, 1.54) is 5.56 Å². The average molecular weight is 256 g/mol. The molecule has 1 aromatic heterocycles. The lowest BCUT2D eigenvalue weighted by molar-refractivity contribution is 0.103. The molecule has 0 saturated carbocycles. The molecule has 0 amide bonds. The Morgan fingerprint density at radius 2 is 1.79 bits per heavy atom. The summed E-state index contributed by atoms with van der Waals surface area (Å²) in [4.78, 5) is 12.3. The molecule has 100 valence electrons. The first-order valence-corrected chi connectivity index (χ1v) is 6.59. The maximum Gasteiger partial charge on any atom is 0.196 e. The van der Waals surface area contributed by atoms with E-state index in [0.29, 0.717) is 11.1 Å². The third-order valence-corrected chi connectivity index (χ3v) is 3.23. The Morgan fingerprint density at radius 3 is 2.26 bits per heavy atom. The molecule has 0 spiro atoms. The molecule has 0 unspecified atom stereocenters. The molecule has 3 heteroatoms. The minimum atomic E-state index is 0.0279. The predicted octanol–water partition coefficient (Wildman–Crippen LogP) is 3.43. The number of nitrogens with zero attached hydrogens (tertiary/aromatic N) is 2. The summed E-state index contributed by atoms with van der Waals surface area (Å²) in [5.74, 6) is 0.0279. The van der Waals surface area contributed by atoms with Gasteiger partial charge in [0.25, 0.3) is 0 Å². The van der Waals surface area contributed by atoms with Crippen LogP contribution in [0.15, 0.2) is 36.7 Å². The van der Waals surface area contributed by atoms with Crippen molar-refractivity contribution in [2.75, 3.05) is 0 Å². The first kappa shape index (κ1) is 13.5. The fraction of sp³-hybridized carbons (Fsp3) is 0.375. The fourth-order valence-electron chi connectivity index (χ4n) is 1.94. The Bertz CT molecular complexity index is 574. The van der Waals surface area contributed by atoms with E-state index >= 15 is 0 Å². The van der Waals surface area contributed by atoms with Crippen LogP contribution in [-0.2, 0) is 12.0 Å². The van der Waals surface area contributed by atoms with Crippen LogP contribution in [0.4, 0.5) is 0 Å². The van der Waals surface area contributed by atoms with Crippen LogP contribution in [-0.4, -0.2) is 15.6 Å². The maximum atomic E-state index is 12.3. The van der Waals surface area contributed by atoms with Gasteiger partial charge in [0.1, 0.15) is 0 Å². The summed E-state index contributed by atoms with van der Waals surface area (Å²) in [7, 11) is 0. The monoisotopic (exact) mass is 256 g/mol. The number of aryl methyl sites for hydroxylation is 1. The van der Waals surface area contributed by atoms with Gasteiger partial charge in [-0.05, 0) is 17.9 Å². The van der Waals surface area contributed by atoms with Crippen LogP contribution in [0.2, 0.25) is 0 Å². The van der Waals surface area contributed by atoms with Crippen LogP contribution in [0.3, 0.4) is 0 Å². The van der Waals surface area contributed by atoms with Gasteiger partial charge in [-0.15, -0.1) is 0 Å². The van der Waals surface area contributed by atoms with Gasteiger partial charge in [-0.2, -0.15) is 5.10 Å². The number of carbonyl (C=O) groups is 1. The maximum absolute atomic E-state index is 12.3. The molecule has 0 bridgehead atoms. The zero-order valence-electron chi connectivity index (χ0n) is 12.0. The van der Waals surface area contributed by atoms with Crippen molar-refractivity contribution in [1.29, 1.82) is 0 Å². The van der Waals surface area contributed by atoms with Crippen LogP contribution in [0.1, 0.15) is 49.2 Å². The Kier molecular flexibility index (Phi) is 3.56. The number of ketones is 1. The second-order valence-corrected chi connectivity index (χ2v) is 5.74. The number of hydrogen-bond donors (Lipinski definition) is 0. The lowest BCUT2D eigenvalue weighted by Gasteiger charge is -2.18. The van der Waals surface area contributed by atoms with E-state index < -0.39 is 0 Å². The molecule has 0 aliphatic heterocycles. The van der Waals surface area contributed by atoms with Gasteiger partial charge in [0, 0.05) is 18.3 Å². The SMILES string of the molecule is CCn1cc(C(=O)c2ccc(C(C)(C)C)cc2)cn1. The molecule has 3 nitrogen and oxygen atoms in total. The van der Waals surface area contributed by atoms with E-state index in [-0.39, 0.29) is 11.2 Å². The van der Waals surface area contributed by atoms with Crippen molar-refractivity contribution in [3.8, 4) is 0 Å². The van der Waals surface area contributed by atoms with E-state index in [4.69, 9.17) is 0 Å². The van der Waals surface area contributed by atoms with Crippen molar-refractivity contribution in [2.24, 2.45) is 0 Å². The number of carbonyl (C=O) groups excluding carboxylic acids is 1. The van der Waals surface area contributed by atoms with Crippen molar-refractivity contribution in [3.05, 3.63) is 53.3 Å². The topological polar surface area (TPSA) is 34.9 Å². The van der Waals surface area contributed by atoms with E-state index in [1.807, 2.05) is 31.2 Å². The number of aromatic nitrogens is 2. The minimum Gasteiger partial charge on any atom is -0.288 e. The van der Waals surface area contributed by atoms with Crippen LogP contribution >= 0.6 is 0 Å². The molecule has 2 rings (SSSR count). The van der Waals surface area contributed by atoms with Gasteiger partial charge < -0.3 is 0 Å². The summed E-state index contributed by atoms with van der Waals surface area (Å²) in [5.41, 5.74) is 2.69. The molecule has 0 atom stereocenters. The van der Waals surface area contributed by atoms with Gasteiger partial charge in [0.2, 0.25) is 0 Å². The van der Waals surface area contributed by atoms with Crippen molar-refractivity contribution in [2.45, 2.75) is 39.7 Å². The zero-order chi connectivity index (χ0) is 14.0. The Hall–Kier alpha value is -1.90. The summed E-state index contributed by atoms with van der Waals surface area (Å²) >= 11 is 0. The molecule has 19 heavy (non-hydrogen) atoms. The Balaban J connectivity index is 2.25. The molecule has 1 heterocycles. The molecule has 2 aromatic rings. The summed E-state index contributed by atoms with van der Waals surface area (Å²) in [6.45, 7) is 9.26. The third kappa shape index (κ3) is 2.92. The Morgan fingerprint density at radius 1 is 1.16 bits per heavy atom. The van der Waals surface area contributed by atoms with Crippen LogP contribution in [0, 0.1) is 0 Å². The molecule has 0 saturated heterocycles. The van der Waals surface area contributed by atoms with Gasteiger partial charge in [0.15, 0.2) is 5.78 Å². The molecule has 0 fully saturated rings. The molecule has 0 aliphatic rings. The lowest BCUT2D eigenvalue weighted by Crippen LogP contribution is -2.11. The zero-order valence-corrected chi connectivity index (χ0v) is 12.0. The van der Waals surface area contributed by atoms with Crippen molar-refractivity contribution < 1.29 is 4.79 Å². The molecule has 0 aliphatic carbocycles. The highest BCUT2D eigenvalue weighted by Gasteiger charge is 2.15. The second kappa shape index (κ2) is 5.00. The number of benzene rings is 1. The molecule has 0 N–H and O–H groups in total. The standard InChI is InChI=1S/C16H20N2O/c1-5-18-11-13(10-17-18)15(19)12-6-8-14(9-7-12)16(2,3)4/h6-11H,5H2,1-4H3. The summed E-state index contributed by atoms with van der Waals surface area (Å²) < 4.78 is 1.76. The second-order valence-electron chi connectivity index (χ2n) is 5.74. The first-order chi connectivity index (χ1) is 8.91. The molecular formula is C16H20N2O. The highest BCUT2D eigenvalue weighted by Crippen LogP contribution is 2.22. The largest absolute Gasteiger partial charge is 0.288 e. The number of rotatable bonds is 3. The normalized spacial score (nSPS) is 11.6. The quantitative estimate of drug-likeness (QED) is 0.789. The predicted molar refractivity (Wildman–Crippen MR) is 76.5 cm³/mol. The van der Waals surface area contributed by atoms with Crippen LogP contribution in [0.5, 0.6) is 0 Å². The molecule has 0 radical (unpaired) electrons. The van der Waals surface area contributed by atoms with Crippen LogP contribution in [0.25, 0.3) is 0 Å². The van der Waals surface area contributed by atoms with E-state index in [9.17, 15) is 4.79 Å². The van der Waals surface area contributed by atoms with E-state index in [1.54, 1.807) is 17.1 Å².